The first-order valence-electron chi connectivity index (χ1n) is 7.59. The fourth-order valence-electron chi connectivity index (χ4n) is 2.91. The van der Waals surface area contributed by atoms with Crippen LogP contribution in [0.1, 0.15) is 29.1 Å². The molecule has 0 aliphatic carbocycles. The third-order valence-corrected chi connectivity index (χ3v) is 5.06. The molecule has 1 aromatic carbocycles. The summed E-state index contributed by atoms with van der Waals surface area (Å²) in [6, 6.07) is 11.6. The van der Waals surface area contributed by atoms with Crippen LogP contribution in [0.3, 0.4) is 0 Å². The van der Waals surface area contributed by atoms with Crippen molar-refractivity contribution in [3.8, 4) is 0 Å². The average molecular weight is 398 g/mol. The highest BCUT2D eigenvalue weighted by molar-refractivity contribution is 9.10. The Balaban J connectivity index is 1.62. The first-order chi connectivity index (χ1) is 11.1. The van der Waals surface area contributed by atoms with Gasteiger partial charge in [-0.05, 0) is 46.6 Å². The number of amides is 1. The minimum absolute atomic E-state index is 0.0549. The molecule has 0 saturated carbocycles. The Kier molecular flexibility index (Phi) is 5.09. The molecule has 1 aliphatic heterocycles. The Morgan fingerprint density at radius 3 is 2.48 bits per heavy atom. The van der Waals surface area contributed by atoms with Crippen LogP contribution in [-0.2, 0) is 0 Å². The molecule has 0 bridgehead atoms. The Labute approximate surface area is 149 Å². The fourth-order valence-corrected chi connectivity index (χ4v) is 3.51. The van der Waals surface area contributed by atoms with Gasteiger partial charge in [0.2, 0.25) is 0 Å². The van der Waals surface area contributed by atoms with Crippen LogP contribution in [0.5, 0.6) is 0 Å². The molecule has 23 heavy (non-hydrogen) atoms. The van der Waals surface area contributed by atoms with Crippen LogP contribution in [-0.4, -0.2) is 41.9 Å². The highest BCUT2D eigenvalue weighted by Crippen LogP contribution is 2.28. The molecular formula is C17H18BrClN2O2. The van der Waals surface area contributed by atoms with Crippen molar-refractivity contribution in [1.82, 2.24) is 9.80 Å². The molecule has 4 nitrogen and oxygen atoms in total. The molecule has 1 aliphatic rings. The summed E-state index contributed by atoms with van der Waals surface area (Å²) in [5.41, 5.74) is 1.13. The van der Waals surface area contributed by atoms with Crippen LogP contribution in [0.4, 0.5) is 0 Å². The monoisotopic (exact) mass is 396 g/mol. The number of piperazine rings is 1. The van der Waals surface area contributed by atoms with E-state index in [1.165, 1.54) is 0 Å². The first kappa shape index (κ1) is 16.6. The predicted octanol–water partition coefficient (Wildman–Crippen LogP) is 4.21. The highest BCUT2D eigenvalue weighted by Gasteiger charge is 2.27. The van der Waals surface area contributed by atoms with Crippen molar-refractivity contribution >= 4 is 33.4 Å². The second-order valence-corrected chi connectivity index (χ2v) is 6.82. The van der Waals surface area contributed by atoms with Crippen molar-refractivity contribution in [3.05, 3.63) is 57.4 Å². The fraction of sp³-hybridized carbons (Fsp3) is 0.353. The smallest absolute Gasteiger partial charge is 0.289 e. The van der Waals surface area contributed by atoms with Gasteiger partial charge < -0.3 is 9.32 Å². The van der Waals surface area contributed by atoms with Gasteiger partial charge in [-0.1, -0.05) is 29.8 Å². The van der Waals surface area contributed by atoms with Gasteiger partial charge in [0.05, 0.1) is 0 Å². The summed E-state index contributed by atoms with van der Waals surface area (Å²) in [7, 11) is 0. The van der Waals surface area contributed by atoms with Gasteiger partial charge in [-0.3, -0.25) is 9.69 Å². The molecule has 1 atom stereocenters. The molecule has 1 saturated heterocycles. The molecule has 0 spiro atoms. The van der Waals surface area contributed by atoms with Crippen LogP contribution < -0.4 is 0 Å². The maximum atomic E-state index is 12.4. The van der Waals surface area contributed by atoms with E-state index < -0.39 is 0 Å². The average Bonchev–Trinajstić information content (AvgIpc) is 3.01. The zero-order valence-electron chi connectivity index (χ0n) is 12.8. The van der Waals surface area contributed by atoms with Gasteiger partial charge in [0.25, 0.3) is 5.91 Å². The lowest BCUT2D eigenvalue weighted by atomic mass is 10.1. The third-order valence-electron chi connectivity index (χ3n) is 4.29. The summed E-state index contributed by atoms with van der Waals surface area (Å²) in [6.45, 7) is 5.17. The van der Waals surface area contributed by atoms with E-state index >= 15 is 0 Å². The first-order valence-corrected chi connectivity index (χ1v) is 8.76. The number of hydrogen-bond acceptors (Lipinski definition) is 3. The van der Waals surface area contributed by atoms with E-state index in [1.54, 1.807) is 12.1 Å². The van der Waals surface area contributed by atoms with E-state index in [1.807, 2.05) is 23.1 Å². The number of rotatable bonds is 3. The summed E-state index contributed by atoms with van der Waals surface area (Å²) < 4.78 is 5.93. The van der Waals surface area contributed by atoms with Crippen molar-refractivity contribution in [2.45, 2.75) is 13.0 Å². The number of nitrogens with zero attached hydrogens (tertiary/aromatic N) is 2. The third kappa shape index (κ3) is 3.62. The van der Waals surface area contributed by atoms with Crippen LogP contribution in [0.15, 0.2) is 45.5 Å². The molecule has 0 N–H and O–H groups in total. The van der Waals surface area contributed by atoms with Crippen LogP contribution >= 0.6 is 27.5 Å². The lowest BCUT2D eigenvalue weighted by Crippen LogP contribution is -2.49. The molecular weight excluding hydrogens is 380 g/mol. The van der Waals surface area contributed by atoms with E-state index in [4.69, 9.17) is 16.0 Å². The molecule has 1 fully saturated rings. The largest absolute Gasteiger partial charge is 0.444 e. The number of carbonyl (C=O) groups is 1. The minimum atomic E-state index is -0.0549. The second-order valence-electron chi connectivity index (χ2n) is 5.63. The van der Waals surface area contributed by atoms with Crippen molar-refractivity contribution in [2.75, 3.05) is 26.2 Å². The number of carbonyl (C=O) groups excluding carboxylic acids is 1. The van der Waals surface area contributed by atoms with Crippen LogP contribution in [0, 0.1) is 0 Å². The summed E-state index contributed by atoms with van der Waals surface area (Å²) >= 11 is 9.52. The summed E-state index contributed by atoms with van der Waals surface area (Å²) in [5.74, 6) is 0.324. The molecule has 6 heteroatoms. The molecule has 2 aromatic rings. The lowest BCUT2D eigenvalue weighted by molar-refractivity contribution is 0.0552. The van der Waals surface area contributed by atoms with Gasteiger partial charge in [-0.2, -0.15) is 0 Å². The minimum Gasteiger partial charge on any atom is -0.444 e. The van der Waals surface area contributed by atoms with Gasteiger partial charge in [0, 0.05) is 37.2 Å². The Hall–Kier alpha value is -1.30. The molecule has 3 rings (SSSR count). The van der Waals surface area contributed by atoms with Crippen molar-refractivity contribution in [2.24, 2.45) is 0 Å². The number of benzene rings is 1. The van der Waals surface area contributed by atoms with E-state index in [9.17, 15) is 4.79 Å². The van der Waals surface area contributed by atoms with Crippen molar-refractivity contribution in [1.29, 1.82) is 0 Å². The van der Waals surface area contributed by atoms with Gasteiger partial charge in [0.1, 0.15) is 0 Å². The molecule has 1 aromatic heterocycles. The topological polar surface area (TPSA) is 36.7 Å². The molecule has 2 heterocycles. The molecule has 122 valence electrons. The number of hydrogen-bond donors (Lipinski definition) is 0. The molecule has 0 unspecified atom stereocenters. The molecule has 1 amide bonds. The normalized spacial score (nSPS) is 17.3. The highest BCUT2D eigenvalue weighted by atomic mass is 79.9. The van der Waals surface area contributed by atoms with E-state index in [0.29, 0.717) is 23.5 Å². The van der Waals surface area contributed by atoms with E-state index in [-0.39, 0.29) is 11.9 Å². The molecule has 0 radical (unpaired) electrons. The quantitative estimate of drug-likeness (QED) is 0.778. The van der Waals surface area contributed by atoms with Crippen LogP contribution in [0.25, 0.3) is 0 Å². The number of furan rings is 1. The van der Waals surface area contributed by atoms with Gasteiger partial charge in [0.15, 0.2) is 10.4 Å². The lowest BCUT2D eigenvalue weighted by Gasteiger charge is -2.38. The standard InChI is InChI=1S/C17H18BrClN2O2/c1-12(13-4-2-3-5-14(13)19)20-8-10-21(11-9-20)17(22)15-6-7-16(18)23-15/h2-7,12H,8-11H2,1H3/t12-/m1/s1. The van der Waals surface area contributed by atoms with Gasteiger partial charge in [-0.15, -0.1) is 0 Å². The SMILES string of the molecule is C[C@H](c1ccccc1Cl)N1CCN(C(=O)c2ccc(Br)o2)CC1. The maximum absolute atomic E-state index is 12.4. The number of halogens is 2. The van der Waals surface area contributed by atoms with Crippen molar-refractivity contribution < 1.29 is 9.21 Å². The summed E-state index contributed by atoms with van der Waals surface area (Å²) in [6.07, 6.45) is 0. The Morgan fingerprint density at radius 2 is 1.87 bits per heavy atom. The predicted molar refractivity (Wildman–Crippen MR) is 93.8 cm³/mol. The van der Waals surface area contributed by atoms with Gasteiger partial charge >= 0.3 is 0 Å². The Morgan fingerprint density at radius 1 is 1.17 bits per heavy atom. The van der Waals surface area contributed by atoms with E-state index in [2.05, 4.69) is 33.8 Å². The second kappa shape index (κ2) is 7.07. The van der Waals surface area contributed by atoms with Gasteiger partial charge in [-0.25, -0.2) is 0 Å². The summed E-state index contributed by atoms with van der Waals surface area (Å²) in [4.78, 5) is 16.6. The summed E-state index contributed by atoms with van der Waals surface area (Å²) in [5, 5.41) is 0.791. The Bertz CT molecular complexity index is 695. The van der Waals surface area contributed by atoms with Crippen molar-refractivity contribution in [3.63, 3.8) is 0 Å². The zero-order valence-corrected chi connectivity index (χ0v) is 15.2. The van der Waals surface area contributed by atoms with E-state index in [0.717, 1.165) is 23.7 Å². The maximum Gasteiger partial charge on any atom is 0.289 e. The van der Waals surface area contributed by atoms with Crippen LogP contribution in [0.2, 0.25) is 5.02 Å². The zero-order chi connectivity index (χ0) is 16.4.